The molecule has 0 spiro atoms. The summed E-state index contributed by atoms with van der Waals surface area (Å²) in [5, 5.41) is 10.1. The highest BCUT2D eigenvalue weighted by atomic mass is 35.5. The minimum Gasteiger partial charge on any atom is -0.496 e. The summed E-state index contributed by atoms with van der Waals surface area (Å²) in [4.78, 5) is 4.93. The third-order valence-corrected chi connectivity index (χ3v) is 7.94. The number of hydrogen-bond acceptors (Lipinski definition) is 7. The Morgan fingerprint density at radius 2 is 1.63 bits per heavy atom. The van der Waals surface area contributed by atoms with Crippen LogP contribution in [0.15, 0.2) is 78.9 Å². The molecule has 0 saturated carbocycles. The van der Waals surface area contributed by atoms with Crippen molar-refractivity contribution < 1.29 is 22.6 Å². The van der Waals surface area contributed by atoms with E-state index < -0.39 is 12.0 Å². The second-order valence-electron chi connectivity index (χ2n) is 10.4. The quantitative estimate of drug-likeness (QED) is 0.274. The molecule has 0 aliphatic carbocycles. The van der Waals surface area contributed by atoms with E-state index in [1.807, 2.05) is 12.1 Å². The Bertz CT molecular complexity index is 1420. The fraction of sp³-hybridized carbons (Fsp3) is 0.367. The lowest BCUT2D eigenvalue weighted by Crippen LogP contribution is -2.64. The van der Waals surface area contributed by atoms with Crippen LogP contribution in [0.1, 0.15) is 28.4 Å². The summed E-state index contributed by atoms with van der Waals surface area (Å²) in [5.41, 5.74) is 3.47. The van der Waals surface area contributed by atoms with E-state index in [-0.39, 0.29) is 48.5 Å². The van der Waals surface area contributed by atoms with Crippen molar-refractivity contribution >= 4 is 24.8 Å². The number of ether oxygens (including phenoxy) is 2. The van der Waals surface area contributed by atoms with Crippen LogP contribution in [0.25, 0.3) is 5.69 Å². The van der Waals surface area contributed by atoms with Gasteiger partial charge in [0.15, 0.2) is 0 Å². The molecule has 0 unspecified atom stereocenters. The summed E-state index contributed by atoms with van der Waals surface area (Å²) in [6.45, 7) is 4.16. The van der Waals surface area contributed by atoms with Crippen molar-refractivity contribution in [1.29, 1.82) is 0 Å². The van der Waals surface area contributed by atoms with E-state index in [0.717, 1.165) is 29.9 Å². The Balaban J connectivity index is 0.00000212. The molecule has 2 atom stereocenters. The maximum atomic E-state index is 13.5. The molecule has 2 saturated heterocycles. The molecular weight excluding hydrogens is 604 g/mol. The summed E-state index contributed by atoms with van der Waals surface area (Å²) in [5.74, 6) is -0.447. The fourth-order valence-electron chi connectivity index (χ4n) is 6.19. The number of alkyl halides is 3. The second kappa shape index (κ2) is 14.0. The summed E-state index contributed by atoms with van der Waals surface area (Å²) >= 11 is 0. The van der Waals surface area contributed by atoms with E-state index in [4.69, 9.17) is 9.47 Å². The molecule has 3 aromatic carbocycles. The van der Waals surface area contributed by atoms with Crippen LogP contribution in [0, 0.1) is 0 Å². The molecule has 0 bridgehead atoms. The van der Waals surface area contributed by atoms with Gasteiger partial charge in [0.1, 0.15) is 5.75 Å². The zero-order valence-corrected chi connectivity index (χ0v) is 25.1. The van der Waals surface area contributed by atoms with Crippen LogP contribution in [0.3, 0.4) is 0 Å². The van der Waals surface area contributed by atoms with Crippen molar-refractivity contribution in [3.63, 3.8) is 0 Å². The van der Waals surface area contributed by atoms with Crippen LogP contribution in [0.2, 0.25) is 0 Å². The number of piperazine rings is 1. The molecule has 0 N–H and O–H groups in total. The van der Waals surface area contributed by atoms with E-state index >= 15 is 0 Å². The average molecular weight is 638 g/mol. The first-order valence-electron chi connectivity index (χ1n) is 13.6. The Morgan fingerprint density at radius 3 is 2.26 bits per heavy atom. The highest BCUT2D eigenvalue weighted by molar-refractivity contribution is 5.85. The van der Waals surface area contributed by atoms with Gasteiger partial charge in [0.05, 0.1) is 26.0 Å². The molecule has 3 heterocycles. The van der Waals surface area contributed by atoms with Gasteiger partial charge in [-0.15, -0.1) is 29.9 Å². The third-order valence-electron chi connectivity index (χ3n) is 7.94. The van der Waals surface area contributed by atoms with Gasteiger partial charge in [-0.05, 0) is 39.8 Å². The van der Waals surface area contributed by atoms with Gasteiger partial charge in [-0.3, -0.25) is 9.80 Å². The fourth-order valence-corrected chi connectivity index (χ4v) is 6.19. The van der Waals surface area contributed by atoms with Crippen molar-refractivity contribution in [1.82, 2.24) is 30.0 Å². The number of halogens is 5. The van der Waals surface area contributed by atoms with Gasteiger partial charge in [0.25, 0.3) is 5.82 Å². The highest BCUT2D eigenvalue weighted by Gasteiger charge is 2.42. The lowest BCUT2D eigenvalue weighted by molar-refractivity contribution is -0.146. The second-order valence-corrected chi connectivity index (χ2v) is 10.4. The maximum absolute atomic E-state index is 13.5. The van der Waals surface area contributed by atoms with Gasteiger partial charge in [-0.1, -0.05) is 60.7 Å². The van der Waals surface area contributed by atoms with Crippen molar-refractivity contribution in [2.45, 2.75) is 30.7 Å². The van der Waals surface area contributed by atoms with Gasteiger partial charge in [0.2, 0.25) is 0 Å². The molecule has 13 heteroatoms. The van der Waals surface area contributed by atoms with Crippen LogP contribution in [0.4, 0.5) is 13.2 Å². The SMILES string of the molecule is COc1ccc(-n2nnnc2C(F)(F)F)cc1CN1C[C@@H]2COCCN2[C@H](C(c2ccccc2)c2ccccc2)C1.Cl.Cl. The van der Waals surface area contributed by atoms with Crippen molar-refractivity contribution in [3.05, 3.63) is 101 Å². The third kappa shape index (κ3) is 6.97. The van der Waals surface area contributed by atoms with E-state index in [1.165, 1.54) is 17.2 Å². The summed E-state index contributed by atoms with van der Waals surface area (Å²) in [6.07, 6.45) is -4.68. The number of tetrazole rings is 1. The van der Waals surface area contributed by atoms with Gasteiger partial charge in [0, 0.05) is 49.7 Å². The first-order chi connectivity index (χ1) is 19.9. The van der Waals surface area contributed by atoms with E-state index in [1.54, 1.807) is 19.2 Å². The number of methoxy groups -OCH3 is 1. The summed E-state index contributed by atoms with van der Waals surface area (Å²) in [7, 11) is 1.56. The molecule has 4 aromatic rings. The number of nitrogens with zero attached hydrogens (tertiary/aromatic N) is 6. The van der Waals surface area contributed by atoms with Gasteiger partial charge < -0.3 is 9.47 Å². The molecule has 230 valence electrons. The number of rotatable bonds is 7. The molecule has 2 aliphatic heterocycles. The molecule has 0 amide bonds. The molecule has 0 radical (unpaired) electrons. The van der Waals surface area contributed by atoms with Gasteiger partial charge >= 0.3 is 6.18 Å². The lowest BCUT2D eigenvalue weighted by Gasteiger charge is -2.51. The molecule has 6 rings (SSSR count). The van der Waals surface area contributed by atoms with E-state index in [9.17, 15) is 13.2 Å². The average Bonchev–Trinajstić information content (AvgIpc) is 3.50. The number of benzene rings is 3. The first kappa shape index (κ1) is 32.7. The predicted octanol–water partition coefficient (Wildman–Crippen LogP) is 5.25. The highest BCUT2D eigenvalue weighted by Crippen LogP contribution is 2.36. The van der Waals surface area contributed by atoms with E-state index in [2.05, 4.69) is 73.9 Å². The van der Waals surface area contributed by atoms with Crippen molar-refractivity contribution in [2.75, 3.05) is 40.0 Å². The standard InChI is InChI=1S/C30H31F3N6O2.2ClH/c1-40-27-13-12-24(39-29(30(31,32)33)34-35-36-39)16-23(27)17-37-18-25-20-41-15-14-38(25)26(19-37)28(21-8-4-2-5-9-21)22-10-6-3-7-11-22;;/h2-13,16,25-26,28H,14-15,17-20H2,1H3;2*1H/t25-,26+;;/m1../s1. The molecular formula is C30H33Cl2F3N6O2. The summed E-state index contributed by atoms with van der Waals surface area (Å²) in [6, 6.07) is 26.3. The first-order valence-corrected chi connectivity index (χ1v) is 13.6. The smallest absolute Gasteiger partial charge is 0.453 e. The van der Waals surface area contributed by atoms with Gasteiger partial charge in [-0.25, -0.2) is 0 Å². The molecule has 1 aromatic heterocycles. The van der Waals surface area contributed by atoms with Crippen LogP contribution in [-0.2, 0) is 17.5 Å². The van der Waals surface area contributed by atoms with Crippen molar-refractivity contribution in [2.24, 2.45) is 0 Å². The van der Waals surface area contributed by atoms with Gasteiger partial charge in [-0.2, -0.15) is 17.9 Å². The maximum Gasteiger partial charge on any atom is 0.453 e. The number of aromatic nitrogens is 4. The Hall–Kier alpha value is -3.22. The lowest BCUT2D eigenvalue weighted by atomic mass is 9.82. The van der Waals surface area contributed by atoms with Crippen LogP contribution in [0.5, 0.6) is 5.75 Å². The summed E-state index contributed by atoms with van der Waals surface area (Å²) < 4.78 is 52.9. The van der Waals surface area contributed by atoms with Crippen LogP contribution >= 0.6 is 24.8 Å². The Morgan fingerprint density at radius 1 is 0.953 bits per heavy atom. The Labute approximate surface area is 260 Å². The predicted molar refractivity (Wildman–Crippen MR) is 160 cm³/mol. The monoisotopic (exact) mass is 636 g/mol. The molecule has 43 heavy (non-hydrogen) atoms. The minimum absolute atomic E-state index is 0. The van der Waals surface area contributed by atoms with Crippen LogP contribution in [-0.4, -0.2) is 82.0 Å². The topological polar surface area (TPSA) is 68.5 Å². The number of hydrogen-bond donors (Lipinski definition) is 0. The number of morpholine rings is 1. The Kier molecular flexibility index (Phi) is 10.7. The zero-order valence-electron chi connectivity index (χ0n) is 23.4. The molecule has 2 aliphatic rings. The van der Waals surface area contributed by atoms with E-state index in [0.29, 0.717) is 25.5 Å². The van der Waals surface area contributed by atoms with Crippen LogP contribution < -0.4 is 4.74 Å². The largest absolute Gasteiger partial charge is 0.496 e. The minimum atomic E-state index is -4.68. The normalized spacial score (nSPS) is 19.3. The van der Waals surface area contributed by atoms with Crippen molar-refractivity contribution in [3.8, 4) is 11.4 Å². The zero-order chi connectivity index (χ0) is 28.4. The number of fused-ring (bicyclic) bond motifs is 1. The molecule has 2 fully saturated rings. The molecule has 8 nitrogen and oxygen atoms in total.